The van der Waals surface area contributed by atoms with Gasteiger partial charge in [0.2, 0.25) is 10.0 Å². The number of nitrogens with one attached hydrogen (secondary N) is 1. The molecule has 108 valence electrons. The molecule has 1 aromatic rings. The number of rotatable bonds is 4. The first kappa shape index (κ1) is 15.0. The van der Waals surface area contributed by atoms with Crippen molar-refractivity contribution in [1.82, 2.24) is 9.62 Å². The van der Waals surface area contributed by atoms with Crippen LogP contribution in [0.4, 0.5) is 0 Å². The predicted molar refractivity (Wildman–Crippen MR) is 76.7 cm³/mol. The van der Waals surface area contributed by atoms with Crippen LogP contribution >= 0.6 is 0 Å². The van der Waals surface area contributed by atoms with Crippen LogP contribution in [0.5, 0.6) is 0 Å². The maximum absolute atomic E-state index is 12.7. The van der Waals surface area contributed by atoms with Gasteiger partial charge in [-0.3, -0.25) is 0 Å². The molecule has 0 radical (unpaired) electrons. The van der Waals surface area contributed by atoms with E-state index in [1.807, 2.05) is 13.1 Å². The highest BCUT2D eigenvalue weighted by atomic mass is 32.2. The second-order valence-electron chi connectivity index (χ2n) is 5.17. The summed E-state index contributed by atoms with van der Waals surface area (Å²) in [6, 6.07) is 6.79. The van der Waals surface area contributed by atoms with Gasteiger partial charge in [0.1, 0.15) is 0 Å². The Balaban J connectivity index is 2.30. The Labute approximate surface area is 120 Å². The fraction of sp³-hybridized carbons (Fsp3) is 0.500. The number of nitrogens with zero attached hydrogens (tertiary/aromatic N) is 2. The van der Waals surface area contributed by atoms with Crippen LogP contribution in [-0.2, 0) is 10.0 Å². The zero-order valence-corrected chi connectivity index (χ0v) is 12.6. The van der Waals surface area contributed by atoms with E-state index in [4.69, 9.17) is 5.26 Å². The molecule has 1 N–H and O–H groups in total. The number of benzene rings is 1. The van der Waals surface area contributed by atoms with Crippen molar-refractivity contribution in [3.63, 3.8) is 0 Å². The summed E-state index contributed by atoms with van der Waals surface area (Å²) >= 11 is 0. The van der Waals surface area contributed by atoms with Crippen molar-refractivity contribution >= 4 is 10.0 Å². The molecule has 1 heterocycles. The van der Waals surface area contributed by atoms with Gasteiger partial charge >= 0.3 is 0 Å². The first-order valence-electron chi connectivity index (χ1n) is 6.64. The lowest BCUT2D eigenvalue weighted by molar-refractivity contribution is 0.451. The largest absolute Gasteiger partial charge is 0.319 e. The molecule has 1 saturated heterocycles. The van der Waals surface area contributed by atoms with E-state index >= 15 is 0 Å². The molecule has 5 nitrogen and oxygen atoms in total. The summed E-state index contributed by atoms with van der Waals surface area (Å²) in [5, 5.41) is 12.0. The Bertz CT molecular complexity index is 634. The minimum atomic E-state index is -3.50. The Kier molecular flexibility index (Phi) is 4.43. The molecule has 0 saturated carbocycles. The molecule has 1 atom stereocenters. The van der Waals surface area contributed by atoms with Crippen LogP contribution in [0.3, 0.4) is 0 Å². The molecule has 0 unspecified atom stereocenters. The van der Waals surface area contributed by atoms with Crippen LogP contribution in [-0.4, -0.2) is 39.4 Å². The molecule has 0 amide bonds. The summed E-state index contributed by atoms with van der Waals surface area (Å²) in [5.41, 5.74) is 1.06. The van der Waals surface area contributed by atoms with Crippen molar-refractivity contribution < 1.29 is 8.42 Å². The zero-order chi connectivity index (χ0) is 14.8. The van der Waals surface area contributed by atoms with Gasteiger partial charge < -0.3 is 5.32 Å². The van der Waals surface area contributed by atoms with E-state index in [-0.39, 0.29) is 4.90 Å². The molecule has 6 heteroatoms. The molecule has 0 bridgehead atoms. The second-order valence-corrected chi connectivity index (χ2v) is 7.07. The average Bonchev–Trinajstić information content (AvgIpc) is 2.89. The lowest BCUT2D eigenvalue weighted by atomic mass is 10.1. The highest BCUT2D eigenvalue weighted by molar-refractivity contribution is 7.89. The summed E-state index contributed by atoms with van der Waals surface area (Å²) in [6.07, 6.45) is 0.872. The van der Waals surface area contributed by atoms with Gasteiger partial charge in [0.05, 0.1) is 16.5 Å². The average molecular weight is 293 g/mol. The quantitative estimate of drug-likeness (QED) is 0.902. The van der Waals surface area contributed by atoms with Gasteiger partial charge in [-0.1, -0.05) is 6.07 Å². The molecule has 0 aromatic heterocycles. The molecule has 1 fully saturated rings. The van der Waals surface area contributed by atoms with Crippen LogP contribution in [0, 0.1) is 24.2 Å². The fourth-order valence-corrected chi connectivity index (χ4v) is 4.34. The summed E-state index contributed by atoms with van der Waals surface area (Å²) in [6.45, 7) is 3.67. The minimum absolute atomic E-state index is 0.252. The molecular formula is C14H19N3O2S. The number of sulfonamides is 1. The van der Waals surface area contributed by atoms with Crippen LogP contribution in [0.25, 0.3) is 0 Å². The highest BCUT2D eigenvalue weighted by Crippen LogP contribution is 2.26. The number of nitriles is 1. The second kappa shape index (κ2) is 5.92. The predicted octanol–water partition coefficient (Wildman–Crippen LogP) is 1.10. The van der Waals surface area contributed by atoms with E-state index in [0.29, 0.717) is 30.1 Å². The Morgan fingerprint density at radius 2 is 2.25 bits per heavy atom. The maximum Gasteiger partial charge on any atom is 0.243 e. The van der Waals surface area contributed by atoms with E-state index in [1.54, 1.807) is 19.1 Å². The van der Waals surface area contributed by atoms with E-state index < -0.39 is 10.0 Å². The van der Waals surface area contributed by atoms with Crippen molar-refractivity contribution in [3.05, 3.63) is 29.3 Å². The highest BCUT2D eigenvalue weighted by Gasteiger charge is 2.33. The van der Waals surface area contributed by atoms with Crippen LogP contribution in [0.15, 0.2) is 23.1 Å². The van der Waals surface area contributed by atoms with E-state index in [2.05, 4.69) is 5.32 Å². The third kappa shape index (κ3) is 2.85. The molecule has 2 rings (SSSR count). The van der Waals surface area contributed by atoms with Gasteiger partial charge in [0.15, 0.2) is 0 Å². The van der Waals surface area contributed by atoms with Gasteiger partial charge in [0.25, 0.3) is 0 Å². The lowest BCUT2D eigenvalue weighted by Crippen LogP contribution is -2.31. The van der Waals surface area contributed by atoms with Crippen molar-refractivity contribution in [2.24, 2.45) is 5.92 Å². The maximum atomic E-state index is 12.7. The molecule has 1 aromatic carbocycles. The summed E-state index contributed by atoms with van der Waals surface area (Å²) in [7, 11) is -1.63. The third-order valence-corrected chi connectivity index (χ3v) is 5.68. The molecule has 1 aliphatic heterocycles. The molecule has 1 aliphatic rings. The number of aryl methyl sites for hydroxylation is 1. The summed E-state index contributed by atoms with van der Waals surface area (Å²) in [4.78, 5) is 0.252. The van der Waals surface area contributed by atoms with Crippen molar-refractivity contribution in [3.8, 4) is 6.07 Å². The lowest BCUT2D eigenvalue weighted by Gasteiger charge is -2.18. The molecule has 0 spiro atoms. The molecule has 0 aliphatic carbocycles. The van der Waals surface area contributed by atoms with Crippen molar-refractivity contribution in [2.75, 3.05) is 26.7 Å². The normalized spacial score (nSPS) is 19.9. The van der Waals surface area contributed by atoms with E-state index in [9.17, 15) is 8.42 Å². The zero-order valence-electron chi connectivity index (χ0n) is 11.8. The molecular weight excluding hydrogens is 274 g/mol. The third-order valence-electron chi connectivity index (χ3n) is 3.68. The van der Waals surface area contributed by atoms with Gasteiger partial charge in [-0.15, -0.1) is 0 Å². The Morgan fingerprint density at radius 3 is 2.90 bits per heavy atom. The van der Waals surface area contributed by atoms with Crippen molar-refractivity contribution in [1.29, 1.82) is 5.26 Å². The SMILES string of the molecule is CNC[C@@H]1CCN(S(=O)(=O)c2cc(C#N)ccc2C)C1. The topological polar surface area (TPSA) is 73.2 Å². The van der Waals surface area contributed by atoms with E-state index in [1.165, 1.54) is 10.4 Å². The summed E-state index contributed by atoms with van der Waals surface area (Å²) < 4.78 is 26.9. The van der Waals surface area contributed by atoms with Crippen LogP contribution in [0.1, 0.15) is 17.5 Å². The number of hydrogen-bond acceptors (Lipinski definition) is 4. The standard InChI is InChI=1S/C14H19N3O2S/c1-11-3-4-12(8-15)7-14(11)20(18,19)17-6-5-13(10-17)9-16-2/h3-4,7,13,16H,5-6,9-10H2,1-2H3/t13-/m0/s1. The van der Waals surface area contributed by atoms with Crippen LogP contribution in [0.2, 0.25) is 0 Å². The Hall–Kier alpha value is -1.42. The smallest absolute Gasteiger partial charge is 0.243 e. The van der Waals surface area contributed by atoms with Gasteiger partial charge in [-0.2, -0.15) is 9.57 Å². The Morgan fingerprint density at radius 1 is 1.50 bits per heavy atom. The van der Waals surface area contributed by atoms with Gasteiger partial charge in [0, 0.05) is 13.1 Å². The fourth-order valence-electron chi connectivity index (χ4n) is 2.56. The minimum Gasteiger partial charge on any atom is -0.319 e. The van der Waals surface area contributed by atoms with E-state index in [0.717, 1.165) is 13.0 Å². The van der Waals surface area contributed by atoms with Crippen molar-refractivity contribution in [2.45, 2.75) is 18.2 Å². The van der Waals surface area contributed by atoms with Gasteiger partial charge in [-0.05, 0) is 50.6 Å². The first-order chi connectivity index (χ1) is 9.48. The monoisotopic (exact) mass is 293 g/mol. The van der Waals surface area contributed by atoms with Crippen LogP contribution < -0.4 is 5.32 Å². The summed E-state index contributed by atoms with van der Waals surface area (Å²) in [5.74, 6) is 0.356. The number of hydrogen-bond donors (Lipinski definition) is 1. The van der Waals surface area contributed by atoms with Gasteiger partial charge in [-0.25, -0.2) is 8.42 Å². The molecule has 20 heavy (non-hydrogen) atoms. The first-order valence-corrected chi connectivity index (χ1v) is 8.08.